The van der Waals surface area contributed by atoms with Gasteiger partial charge in [0.25, 0.3) is 0 Å². The molecule has 0 unspecified atom stereocenters. The highest BCUT2D eigenvalue weighted by Gasteiger charge is 2.36. The van der Waals surface area contributed by atoms with Crippen molar-refractivity contribution in [2.24, 2.45) is 11.8 Å². The molecular weight excluding hydrogens is 262 g/mol. The number of hydrogen-bond acceptors (Lipinski definition) is 3. The van der Waals surface area contributed by atoms with Crippen LogP contribution in [0.25, 0.3) is 0 Å². The summed E-state index contributed by atoms with van der Waals surface area (Å²) in [6, 6.07) is 0. The van der Waals surface area contributed by atoms with E-state index < -0.39 is 0 Å². The van der Waals surface area contributed by atoms with E-state index in [1.165, 1.54) is 32.1 Å². The van der Waals surface area contributed by atoms with Crippen LogP contribution in [0.15, 0.2) is 0 Å². The Labute approximate surface area is 132 Å². The van der Waals surface area contributed by atoms with Crippen LogP contribution in [0, 0.1) is 11.8 Å². The van der Waals surface area contributed by atoms with Gasteiger partial charge < -0.3 is 14.8 Å². The van der Waals surface area contributed by atoms with Crippen molar-refractivity contribution in [3.63, 3.8) is 0 Å². The number of hydrogen-bond donors (Lipinski definition) is 1. The standard InChI is InChI=1S/C18H37NO2/c1-5-7-12-20-13-14-21-18(15-19-6-2)10-8-17(9-11-18)16(3)4/h16-17,19H,5-15H2,1-4H3. The molecule has 0 amide bonds. The van der Waals surface area contributed by atoms with Gasteiger partial charge in [0.1, 0.15) is 0 Å². The molecule has 1 saturated carbocycles. The number of likely N-dealkylation sites (N-methyl/N-ethyl adjacent to an activating group) is 1. The molecule has 0 aliphatic heterocycles. The largest absolute Gasteiger partial charge is 0.379 e. The molecule has 0 bridgehead atoms. The molecule has 1 aliphatic rings. The number of rotatable bonds is 11. The van der Waals surface area contributed by atoms with Gasteiger partial charge in [-0.3, -0.25) is 0 Å². The molecule has 0 aromatic rings. The second-order valence-electron chi connectivity index (χ2n) is 6.86. The van der Waals surface area contributed by atoms with Gasteiger partial charge in [0.05, 0.1) is 18.8 Å². The predicted octanol–water partition coefficient (Wildman–Crippen LogP) is 4.01. The van der Waals surface area contributed by atoms with Gasteiger partial charge >= 0.3 is 0 Å². The Bertz CT molecular complexity index is 248. The molecule has 0 aromatic carbocycles. The minimum absolute atomic E-state index is 0.0511. The Morgan fingerprint density at radius 3 is 2.38 bits per heavy atom. The topological polar surface area (TPSA) is 30.5 Å². The van der Waals surface area contributed by atoms with Crippen LogP contribution in [0.1, 0.15) is 66.2 Å². The fourth-order valence-corrected chi connectivity index (χ4v) is 3.22. The maximum atomic E-state index is 6.29. The smallest absolute Gasteiger partial charge is 0.0807 e. The number of nitrogens with one attached hydrogen (secondary N) is 1. The van der Waals surface area contributed by atoms with E-state index in [1.807, 2.05) is 0 Å². The van der Waals surface area contributed by atoms with Crippen LogP contribution in [0.2, 0.25) is 0 Å². The lowest BCUT2D eigenvalue weighted by Crippen LogP contribution is -2.47. The fourth-order valence-electron chi connectivity index (χ4n) is 3.22. The minimum atomic E-state index is 0.0511. The first kappa shape index (κ1) is 18.9. The fraction of sp³-hybridized carbons (Fsp3) is 1.00. The zero-order valence-electron chi connectivity index (χ0n) is 14.7. The molecule has 3 nitrogen and oxygen atoms in total. The van der Waals surface area contributed by atoms with E-state index in [2.05, 4.69) is 33.0 Å². The second kappa shape index (κ2) is 10.6. The summed E-state index contributed by atoms with van der Waals surface area (Å²) in [5.74, 6) is 1.68. The van der Waals surface area contributed by atoms with Gasteiger partial charge in [0.2, 0.25) is 0 Å². The lowest BCUT2D eigenvalue weighted by Gasteiger charge is -2.41. The molecule has 3 heteroatoms. The van der Waals surface area contributed by atoms with E-state index >= 15 is 0 Å². The zero-order valence-corrected chi connectivity index (χ0v) is 14.7. The molecular formula is C18H37NO2. The Hall–Kier alpha value is -0.120. The van der Waals surface area contributed by atoms with Crippen molar-refractivity contribution < 1.29 is 9.47 Å². The average Bonchev–Trinajstić information content (AvgIpc) is 2.49. The van der Waals surface area contributed by atoms with Crippen LogP contribution >= 0.6 is 0 Å². The maximum Gasteiger partial charge on any atom is 0.0807 e. The molecule has 1 N–H and O–H groups in total. The highest BCUT2D eigenvalue weighted by atomic mass is 16.5. The van der Waals surface area contributed by atoms with Crippen LogP contribution in [0.3, 0.4) is 0 Å². The van der Waals surface area contributed by atoms with Crippen molar-refractivity contribution in [1.82, 2.24) is 5.32 Å². The molecule has 1 aliphatic carbocycles. The highest BCUT2D eigenvalue weighted by Crippen LogP contribution is 2.37. The minimum Gasteiger partial charge on any atom is -0.379 e. The van der Waals surface area contributed by atoms with Crippen LogP contribution in [-0.4, -0.2) is 38.5 Å². The summed E-state index contributed by atoms with van der Waals surface area (Å²) in [6.45, 7) is 13.4. The van der Waals surface area contributed by atoms with Crippen molar-refractivity contribution in [3.8, 4) is 0 Å². The second-order valence-corrected chi connectivity index (χ2v) is 6.86. The third-order valence-electron chi connectivity index (χ3n) is 4.86. The van der Waals surface area contributed by atoms with Gasteiger partial charge in [-0.1, -0.05) is 34.1 Å². The van der Waals surface area contributed by atoms with Crippen molar-refractivity contribution in [2.75, 3.05) is 32.9 Å². The first-order valence-corrected chi connectivity index (χ1v) is 9.06. The van der Waals surface area contributed by atoms with E-state index in [0.717, 1.165) is 51.2 Å². The monoisotopic (exact) mass is 299 g/mol. The third-order valence-corrected chi connectivity index (χ3v) is 4.86. The lowest BCUT2D eigenvalue weighted by molar-refractivity contribution is -0.0949. The predicted molar refractivity (Wildman–Crippen MR) is 89.7 cm³/mol. The van der Waals surface area contributed by atoms with Gasteiger partial charge in [-0.15, -0.1) is 0 Å². The lowest BCUT2D eigenvalue weighted by atomic mass is 9.74. The molecule has 1 fully saturated rings. The Balaban J connectivity index is 2.33. The normalized spacial score (nSPS) is 26.4. The highest BCUT2D eigenvalue weighted by molar-refractivity contribution is 4.90. The molecule has 0 atom stereocenters. The Morgan fingerprint density at radius 2 is 1.81 bits per heavy atom. The summed E-state index contributed by atoms with van der Waals surface area (Å²) >= 11 is 0. The molecule has 0 aromatic heterocycles. The summed E-state index contributed by atoms with van der Waals surface area (Å²) in [5.41, 5.74) is 0.0511. The first-order chi connectivity index (χ1) is 10.1. The van der Waals surface area contributed by atoms with Gasteiger partial charge in [-0.2, -0.15) is 0 Å². The van der Waals surface area contributed by atoms with E-state index in [1.54, 1.807) is 0 Å². The molecule has 0 spiro atoms. The summed E-state index contributed by atoms with van der Waals surface area (Å²) in [5, 5.41) is 3.50. The van der Waals surface area contributed by atoms with Gasteiger partial charge in [-0.05, 0) is 50.5 Å². The van der Waals surface area contributed by atoms with Crippen molar-refractivity contribution >= 4 is 0 Å². The Morgan fingerprint density at radius 1 is 1.10 bits per heavy atom. The zero-order chi connectivity index (χ0) is 15.6. The van der Waals surface area contributed by atoms with E-state index in [4.69, 9.17) is 9.47 Å². The number of ether oxygens (including phenoxy) is 2. The molecule has 1 rings (SSSR count). The maximum absolute atomic E-state index is 6.29. The molecule has 21 heavy (non-hydrogen) atoms. The van der Waals surface area contributed by atoms with Crippen LogP contribution < -0.4 is 5.32 Å². The molecule has 0 saturated heterocycles. The van der Waals surface area contributed by atoms with E-state index in [9.17, 15) is 0 Å². The van der Waals surface area contributed by atoms with Crippen molar-refractivity contribution in [3.05, 3.63) is 0 Å². The van der Waals surface area contributed by atoms with Crippen molar-refractivity contribution in [2.45, 2.75) is 71.8 Å². The van der Waals surface area contributed by atoms with E-state index in [0.29, 0.717) is 0 Å². The summed E-state index contributed by atoms with van der Waals surface area (Å²) in [7, 11) is 0. The summed E-state index contributed by atoms with van der Waals surface area (Å²) in [4.78, 5) is 0. The van der Waals surface area contributed by atoms with Gasteiger partial charge in [0.15, 0.2) is 0 Å². The average molecular weight is 299 g/mol. The van der Waals surface area contributed by atoms with Crippen LogP contribution in [-0.2, 0) is 9.47 Å². The molecule has 126 valence electrons. The Kier molecular flexibility index (Phi) is 9.54. The molecule has 0 radical (unpaired) electrons. The summed E-state index contributed by atoms with van der Waals surface area (Å²) in [6.07, 6.45) is 7.34. The quantitative estimate of drug-likeness (QED) is 0.585. The third kappa shape index (κ3) is 7.12. The van der Waals surface area contributed by atoms with Gasteiger partial charge in [0, 0.05) is 13.2 Å². The first-order valence-electron chi connectivity index (χ1n) is 9.06. The van der Waals surface area contributed by atoms with Crippen LogP contribution in [0.4, 0.5) is 0 Å². The van der Waals surface area contributed by atoms with E-state index in [-0.39, 0.29) is 5.60 Å². The number of unbranched alkanes of at least 4 members (excludes halogenated alkanes) is 1. The van der Waals surface area contributed by atoms with Crippen molar-refractivity contribution in [1.29, 1.82) is 0 Å². The van der Waals surface area contributed by atoms with Crippen LogP contribution in [0.5, 0.6) is 0 Å². The SMILES string of the molecule is CCCCOCCOC1(CNCC)CCC(C(C)C)CC1. The molecule has 0 heterocycles. The van der Waals surface area contributed by atoms with Gasteiger partial charge in [-0.25, -0.2) is 0 Å². The summed E-state index contributed by atoms with van der Waals surface area (Å²) < 4.78 is 11.9.